The highest BCUT2D eigenvalue weighted by Gasteiger charge is 2.22. The second kappa shape index (κ2) is 18.6. The van der Waals surface area contributed by atoms with E-state index in [2.05, 4.69) is 12.2 Å². The second-order valence-corrected chi connectivity index (χ2v) is 11.1. The number of allylic oxidation sites excluding steroid dienone is 1. The maximum Gasteiger partial charge on any atom is 0.268 e. The number of carbonyl (C=O) groups is 1. The Bertz CT molecular complexity index is 580. The topological polar surface area (TPSA) is 108 Å². The molecule has 0 rings (SSSR count). The average Bonchev–Trinajstić information content (AvgIpc) is 2.71. The Morgan fingerprint density at radius 1 is 1.03 bits per heavy atom. The summed E-state index contributed by atoms with van der Waals surface area (Å²) in [5, 5.41) is 13.2. The Kier molecular flexibility index (Phi) is 18.1. The molecule has 0 heterocycles. The molecular formula is C24H49N2O6P. The molecule has 0 aliphatic heterocycles. The van der Waals surface area contributed by atoms with Gasteiger partial charge in [-0.25, -0.2) is 0 Å². The van der Waals surface area contributed by atoms with Crippen molar-refractivity contribution >= 4 is 13.7 Å². The van der Waals surface area contributed by atoms with Crippen LogP contribution in [-0.4, -0.2) is 68.5 Å². The molecule has 3 unspecified atom stereocenters. The fourth-order valence-electron chi connectivity index (χ4n) is 3.13. The van der Waals surface area contributed by atoms with E-state index in [-0.39, 0.29) is 19.1 Å². The number of unbranched alkanes of at least 4 members (excludes halogenated alkanes) is 8. The van der Waals surface area contributed by atoms with Crippen molar-refractivity contribution in [2.45, 2.75) is 96.6 Å². The van der Waals surface area contributed by atoms with Gasteiger partial charge in [-0.15, -0.1) is 0 Å². The van der Waals surface area contributed by atoms with E-state index in [1.54, 1.807) is 6.08 Å². The molecule has 0 bridgehead atoms. The third-order valence-electron chi connectivity index (χ3n) is 5.22. The highest BCUT2D eigenvalue weighted by molar-refractivity contribution is 7.45. The second-order valence-electron chi connectivity index (χ2n) is 9.70. The number of rotatable bonds is 21. The van der Waals surface area contributed by atoms with Gasteiger partial charge in [-0.3, -0.25) is 9.36 Å². The van der Waals surface area contributed by atoms with Gasteiger partial charge in [0.25, 0.3) is 7.82 Å². The van der Waals surface area contributed by atoms with Gasteiger partial charge >= 0.3 is 0 Å². The molecule has 33 heavy (non-hydrogen) atoms. The molecule has 0 aromatic carbocycles. The van der Waals surface area contributed by atoms with Crippen molar-refractivity contribution in [1.29, 1.82) is 0 Å². The number of aliphatic hydroxyl groups is 1. The lowest BCUT2D eigenvalue weighted by molar-refractivity contribution is -0.870. The summed E-state index contributed by atoms with van der Waals surface area (Å²) in [4.78, 5) is 24.1. The van der Waals surface area contributed by atoms with Crippen LogP contribution in [0.5, 0.6) is 0 Å². The third-order valence-corrected chi connectivity index (χ3v) is 6.18. The van der Waals surface area contributed by atoms with E-state index in [0.29, 0.717) is 23.9 Å². The van der Waals surface area contributed by atoms with Crippen LogP contribution in [0.1, 0.15) is 84.5 Å². The van der Waals surface area contributed by atoms with Gasteiger partial charge in [-0.05, 0) is 19.3 Å². The first-order valence-electron chi connectivity index (χ1n) is 12.6. The van der Waals surface area contributed by atoms with Gasteiger partial charge in [0, 0.05) is 6.42 Å². The lowest BCUT2D eigenvalue weighted by atomic mass is 10.1. The minimum atomic E-state index is -4.53. The summed E-state index contributed by atoms with van der Waals surface area (Å²) in [5.41, 5.74) is 0. The van der Waals surface area contributed by atoms with E-state index in [0.717, 1.165) is 19.3 Å². The summed E-state index contributed by atoms with van der Waals surface area (Å²) in [5.74, 6) is -0.256. The van der Waals surface area contributed by atoms with Crippen molar-refractivity contribution in [3.8, 4) is 0 Å². The molecule has 0 aromatic rings. The van der Waals surface area contributed by atoms with Crippen molar-refractivity contribution in [2.24, 2.45) is 0 Å². The van der Waals surface area contributed by atoms with Gasteiger partial charge in [-0.1, -0.05) is 70.9 Å². The first kappa shape index (κ1) is 32.2. The summed E-state index contributed by atoms with van der Waals surface area (Å²) < 4.78 is 22.5. The molecule has 0 radical (unpaired) electrons. The average molecular weight is 493 g/mol. The summed E-state index contributed by atoms with van der Waals surface area (Å²) in [7, 11) is 1.25. The molecule has 0 saturated carbocycles. The highest BCUT2D eigenvalue weighted by Crippen LogP contribution is 2.38. The zero-order valence-corrected chi connectivity index (χ0v) is 22.5. The fraction of sp³-hybridized carbons (Fsp3) is 0.875. The van der Waals surface area contributed by atoms with Crippen LogP contribution in [-0.2, 0) is 18.4 Å². The van der Waals surface area contributed by atoms with Gasteiger partial charge in [0.05, 0.1) is 39.9 Å². The number of nitrogens with one attached hydrogen (secondary N) is 1. The van der Waals surface area contributed by atoms with E-state index in [1.807, 2.05) is 34.1 Å². The standard InChI is InChI=1S/C24H49N2O6P/c1-6-8-9-10-11-12-13-14-15-16-18-23(27)22(25-24(28)17-7-2)21-32-33(29,30)31-20-19-26(3,4)5/h16,18,22-23,27H,6-15,17,19-21H2,1-5H3,(H-,25,28,29,30)/b18-16+. The molecule has 0 aliphatic carbocycles. The van der Waals surface area contributed by atoms with Crippen LogP contribution in [0.3, 0.4) is 0 Å². The van der Waals surface area contributed by atoms with Crippen molar-refractivity contribution in [2.75, 3.05) is 40.9 Å². The number of nitrogens with zero attached hydrogens (tertiary/aromatic N) is 1. The first-order valence-corrected chi connectivity index (χ1v) is 14.0. The number of carbonyl (C=O) groups excluding carboxylic acids is 1. The summed E-state index contributed by atoms with van der Waals surface area (Å²) in [6, 6.07) is -0.872. The monoisotopic (exact) mass is 492 g/mol. The number of hydrogen-bond donors (Lipinski definition) is 2. The fourth-order valence-corrected chi connectivity index (χ4v) is 3.86. The predicted molar refractivity (Wildman–Crippen MR) is 132 cm³/mol. The quantitative estimate of drug-likeness (QED) is 0.109. The van der Waals surface area contributed by atoms with Gasteiger partial charge in [0.15, 0.2) is 0 Å². The Morgan fingerprint density at radius 3 is 2.21 bits per heavy atom. The Hall–Kier alpha value is -0.760. The third kappa shape index (κ3) is 20.3. The lowest BCUT2D eigenvalue weighted by Crippen LogP contribution is -2.45. The zero-order chi connectivity index (χ0) is 25.2. The normalized spacial score (nSPS) is 16.0. The van der Waals surface area contributed by atoms with Crippen molar-refractivity contribution in [3.05, 3.63) is 12.2 Å². The van der Waals surface area contributed by atoms with Gasteiger partial charge in [0.1, 0.15) is 13.2 Å². The molecule has 196 valence electrons. The maximum atomic E-state index is 12.1. The number of likely N-dealkylation sites (N-methyl/N-ethyl adjacent to an activating group) is 1. The Morgan fingerprint density at radius 2 is 1.64 bits per heavy atom. The summed E-state index contributed by atoms with van der Waals surface area (Å²) >= 11 is 0. The molecule has 0 saturated heterocycles. The van der Waals surface area contributed by atoms with Crippen LogP contribution in [0.15, 0.2) is 12.2 Å². The van der Waals surface area contributed by atoms with E-state index in [4.69, 9.17) is 9.05 Å². The molecule has 9 heteroatoms. The van der Waals surface area contributed by atoms with Crippen LogP contribution in [0, 0.1) is 0 Å². The van der Waals surface area contributed by atoms with Crippen LogP contribution >= 0.6 is 7.82 Å². The molecule has 0 fully saturated rings. The minimum absolute atomic E-state index is 0.00179. The number of amides is 1. The van der Waals surface area contributed by atoms with Crippen molar-refractivity contribution in [3.63, 3.8) is 0 Å². The van der Waals surface area contributed by atoms with Crippen LogP contribution < -0.4 is 10.2 Å². The lowest BCUT2D eigenvalue weighted by Gasteiger charge is -2.29. The SMILES string of the molecule is CCCCCCCCCC/C=C/C(O)C(COP(=O)([O-])OCC[N+](C)(C)C)NC(=O)CCC. The zero-order valence-electron chi connectivity index (χ0n) is 21.6. The number of quaternary nitrogens is 1. The maximum absolute atomic E-state index is 12.1. The molecule has 1 amide bonds. The van der Waals surface area contributed by atoms with Gasteiger partial charge in [-0.2, -0.15) is 0 Å². The van der Waals surface area contributed by atoms with E-state index in [1.165, 1.54) is 38.5 Å². The molecule has 0 aromatic heterocycles. The molecule has 2 N–H and O–H groups in total. The van der Waals surface area contributed by atoms with Crippen LogP contribution in [0.2, 0.25) is 0 Å². The van der Waals surface area contributed by atoms with Gasteiger partial charge < -0.3 is 28.8 Å². The smallest absolute Gasteiger partial charge is 0.268 e. The molecule has 0 spiro atoms. The van der Waals surface area contributed by atoms with Crippen LogP contribution in [0.4, 0.5) is 0 Å². The van der Waals surface area contributed by atoms with Crippen molar-refractivity contribution < 1.29 is 32.9 Å². The number of hydrogen-bond acceptors (Lipinski definition) is 6. The predicted octanol–water partition coefficient (Wildman–Crippen LogP) is 3.93. The molecule has 3 atom stereocenters. The van der Waals surface area contributed by atoms with Crippen LogP contribution in [0.25, 0.3) is 0 Å². The number of aliphatic hydroxyl groups excluding tert-OH is 1. The summed E-state index contributed by atoms with van der Waals surface area (Å²) in [6.45, 7) is 4.20. The largest absolute Gasteiger partial charge is 0.756 e. The highest BCUT2D eigenvalue weighted by atomic mass is 31.2. The molecule has 8 nitrogen and oxygen atoms in total. The summed E-state index contributed by atoms with van der Waals surface area (Å²) in [6.07, 6.45) is 14.1. The molecular weight excluding hydrogens is 443 g/mol. The van der Waals surface area contributed by atoms with Crippen molar-refractivity contribution in [1.82, 2.24) is 5.32 Å². The Balaban J connectivity index is 4.53. The minimum Gasteiger partial charge on any atom is -0.756 e. The van der Waals surface area contributed by atoms with E-state index in [9.17, 15) is 19.4 Å². The van der Waals surface area contributed by atoms with E-state index < -0.39 is 20.0 Å². The Labute approximate surface area is 201 Å². The molecule has 0 aliphatic rings. The van der Waals surface area contributed by atoms with Gasteiger partial charge in [0.2, 0.25) is 5.91 Å². The van der Waals surface area contributed by atoms with E-state index >= 15 is 0 Å². The number of phosphoric acid groups is 1. The first-order chi connectivity index (χ1) is 15.5. The number of phosphoric ester groups is 1.